The normalized spacial score (nSPS) is 28.2. The molecule has 6 N–H and O–H groups in total. The van der Waals surface area contributed by atoms with E-state index in [2.05, 4.69) is 20.3 Å². The van der Waals surface area contributed by atoms with E-state index in [9.17, 15) is 30.3 Å². The van der Waals surface area contributed by atoms with Crippen LogP contribution >= 0.6 is 0 Å². The van der Waals surface area contributed by atoms with Gasteiger partial charge in [-0.2, -0.15) is 0 Å². The summed E-state index contributed by atoms with van der Waals surface area (Å²) in [5.41, 5.74) is 0.407. The zero-order valence-corrected chi connectivity index (χ0v) is 13.7. The third kappa shape index (κ3) is 3.08. The number of ether oxygens (including phenoxy) is 1. The Labute approximate surface area is 146 Å². The van der Waals surface area contributed by atoms with Crippen LogP contribution in [0.2, 0.25) is 0 Å². The number of aliphatic carboxylic acids is 1. The number of aliphatic hydroxyl groups excluding tert-OH is 4. The van der Waals surface area contributed by atoms with Crippen molar-refractivity contribution in [1.82, 2.24) is 19.5 Å². The summed E-state index contributed by atoms with van der Waals surface area (Å²) < 4.78 is 6.79. The standard InChI is InChI=1S/C14H19N5O7/c1-5(21)7(14(24)25)18-11-8-12(16-3-15-11)19(4-17-8)13-10(23)9(22)6(2-20)26-13/h3-7,9-10,13,20-23H,2H2,1H3,(H,24,25)(H,15,16,18)/t5?,6-,7-,9-,10-,13-/m1/s1. The van der Waals surface area contributed by atoms with Crippen molar-refractivity contribution < 1.29 is 35.1 Å². The maximum Gasteiger partial charge on any atom is 0.328 e. The number of nitrogens with one attached hydrogen (secondary N) is 1. The number of carboxylic acids is 1. The number of hydrogen-bond donors (Lipinski definition) is 6. The number of imidazole rings is 1. The maximum absolute atomic E-state index is 11.2. The van der Waals surface area contributed by atoms with Crippen molar-refractivity contribution in [1.29, 1.82) is 0 Å². The Bertz CT molecular complexity index is 797. The summed E-state index contributed by atoms with van der Waals surface area (Å²) in [5.74, 6) is -1.19. The molecule has 1 aliphatic heterocycles. The zero-order chi connectivity index (χ0) is 19.0. The summed E-state index contributed by atoms with van der Waals surface area (Å²) in [6.07, 6.45) is -3.34. The number of nitrogens with zero attached hydrogens (tertiary/aromatic N) is 4. The highest BCUT2D eigenvalue weighted by atomic mass is 16.6. The zero-order valence-electron chi connectivity index (χ0n) is 13.7. The molecule has 0 radical (unpaired) electrons. The highest BCUT2D eigenvalue weighted by Gasteiger charge is 2.44. The lowest BCUT2D eigenvalue weighted by Crippen LogP contribution is -2.39. The van der Waals surface area contributed by atoms with Gasteiger partial charge >= 0.3 is 5.97 Å². The van der Waals surface area contributed by atoms with Crippen LogP contribution in [-0.4, -0.2) is 88.1 Å². The Kier molecular flexibility index (Phi) is 5.02. The first-order valence-corrected chi connectivity index (χ1v) is 7.82. The van der Waals surface area contributed by atoms with Crippen molar-refractivity contribution in [2.75, 3.05) is 11.9 Å². The minimum Gasteiger partial charge on any atom is -0.480 e. The summed E-state index contributed by atoms with van der Waals surface area (Å²) in [7, 11) is 0. The molecule has 26 heavy (non-hydrogen) atoms. The van der Waals surface area contributed by atoms with Crippen molar-refractivity contribution in [2.45, 2.75) is 43.6 Å². The molecule has 3 heterocycles. The Balaban J connectivity index is 1.96. The molecule has 2 aromatic rings. The molecule has 1 saturated heterocycles. The predicted octanol–water partition coefficient (Wildman–Crippen LogP) is -2.32. The number of hydrogen-bond acceptors (Lipinski definition) is 10. The molecule has 1 unspecified atom stereocenters. The molecule has 2 aromatic heterocycles. The number of carbonyl (C=O) groups is 1. The Hall–Kier alpha value is -2.38. The monoisotopic (exact) mass is 369 g/mol. The largest absolute Gasteiger partial charge is 0.480 e. The van der Waals surface area contributed by atoms with Crippen LogP contribution in [0, 0.1) is 0 Å². The molecule has 0 saturated carbocycles. The summed E-state index contributed by atoms with van der Waals surface area (Å²) >= 11 is 0. The molecule has 1 fully saturated rings. The molecule has 12 heteroatoms. The van der Waals surface area contributed by atoms with Crippen LogP contribution in [0.5, 0.6) is 0 Å². The van der Waals surface area contributed by atoms with E-state index < -0.39 is 49.3 Å². The van der Waals surface area contributed by atoms with Gasteiger partial charge in [-0.3, -0.25) is 4.57 Å². The lowest BCUT2D eigenvalue weighted by molar-refractivity contribution is -0.140. The van der Waals surface area contributed by atoms with Gasteiger partial charge in [0.15, 0.2) is 29.3 Å². The second kappa shape index (κ2) is 7.09. The fourth-order valence-corrected chi connectivity index (χ4v) is 2.79. The minimum absolute atomic E-state index is 0.0776. The van der Waals surface area contributed by atoms with E-state index in [0.29, 0.717) is 0 Å². The van der Waals surface area contributed by atoms with Gasteiger partial charge in [0.25, 0.3) is 0 Å². The molecule has 3 rings (SSSR count). The maximum atomic E-state index is 11.2. The molecule has 0 bridgehead atoms. The molecular formula is C14H19N5O7. The van der Waals surface area contributed by atoms with Gasteiger partial charge < -0.3 is 35.6 Å². The first kappa shape index (κ1) is 18.4. The highest BCUT2D eigenvalue weighted by molar-refractivity contribution is 5.86. The average Bonchev–Trinajstić information content (AvgIpc) is 3.14. The van der Waals surface area contributed by atoms with Gasteiger partial charge in [-0.25, -0.2) is 19.7 Å². The van der Waals surface area contributed by atoms with E-state index in [1.165, 1.54) is 17.8 Å². The van der Waals surface area contributed by atoms with Gasteiger partial charge in [-0.15, -0.1) is 0 Å². The van der Waals surface area contributed by atoms with Crippen molar-refractivity contribution in [3.63, 3.8) is 0 Å². The molecule has 142 valence electrons. The van der Waals surface area contributed by atoms with Crippen LogP contribution < -0.4 is 5.32 Å². The third-order valence-electron chi connectivity index (χ3n) is 4.19. The van der Waals surface area contributed by atoms with E-state index >= 15 is 0 Å². The highest BCUT2D eigenvalue weighted by Crippen LogP contribution is 2.32. The van der Waals surface area contributed by atoms with Gasteiger partial charge in [0.05, 0.1) is 19.0 Å². The second-order valence-corrected chi connectivity index (χ2v) is 5.98. The smallest absolute Gasteiger partial charge is 0.328 e. The Morgan fingerprint density at radius 1 is 1.35 bits per heavy atom. The SMILES string of the molecule is CC(O)[C@@H](Nc1ncnc2c1ncn2[C@@H]1O[C@H](CO)[C@@H](O)[C@H]1O)C(=O)O. The number of rotatable bonds is 6. The van der Waals surface area contributed by atoms with Crippen molar-refractivity contribution in [3.05, 3.63) is 12.7 Å². The number of aliphatic hydroxyl groups is 4. The van der Waals surface area contributed by atoms with E-state index in [1.807, 2.05) is 0 Å². The summed E-state index contributed by atoms with van der Waals surface area (Å²) in [4.78, 5) is 23.4. The number of anilines is 1. The van der Waals surface area contributed by atoms with Gasteiger partial charge in [-0.05, 0) is 6.92 Å². The van der Waals surface area contributed by atoms with E-state index in [-0.39, 0.29) is 17.0 Å². The molecule has 6 atom stereocenters. The van der Waals surface area contributed by atoms with Crippen LogP contribution in [0.15, 0.2) is 12.7 Å². The first-order valence-electron chi connectivity index (χ1n) is 7.82. The fraction of sp³-hybridized carbons (Fsp3) is 0.571. The number of carboxylic acid groups (broad SMARTS) is 1. The van der Waals surface area contributed by atoms with Gasteiger partial charge in [-0.1, -0.05) is 0 Å². The van der Waals surface area contributed by atoms with Crippen LogP contribution in [0.1, 0.15) is 13.2 Å². The van der Waals surface area contributed by atoms with E-state index in [0.717, 1.165) is 6.33 Å². The van der Waals surface area contributed by atoms with Gasteiger partial charge in [0, 0.05) is 0 Å². The fourth-order valence-electron chi connectivity index (χ4n) is 2.79. The minimum atomic E-state index is -1.32. The average molecular weight is 369 g/mol. The lowest BCUT2D eigenvalue weighted by Gasteiger charge is -2.18. The Morgan fingerprint density at radius 2 is 2.08 bits per heavy atom. The molecular weight excluding hydrogens is 350 g/mol. The topological polar surface area (TPSA) is 183 Å². The van der Waals surface area contributed by atoms with Crippen LogP contribution in [-0.2, 0) is 9.53 Å². The lowest BCUT2D eigenvalue weighted by atomic mass is 10.1. The van der Waals surface area contributed by atoms with Gasteiger partial charge in [0.2, 0.25) is 0 Å². The molecule has 12 nitrogen and oxygen atoms in total. The van der Waals surface area contributed by atoms with Gasteiger partial charge in [0.1, 0.15) is 24.6 Å². The summed E-state index contributed by atoms with van der Waals surface area (Å²) in [6, 6.07) is -1.31. The third-order valence-corrected chi connectivity index (χ3v) is 4.19. The molecule has 0 amide bonds. The van der Waals surface area contributed by atoms with Crippen LogP contribution in [0.25, 0.3) is 11.2 Å². The Morgan fingerprint density at radius 3 is 2.65 bits per heavy atom. The summed E-state index contributed by atoms with van der Waals surface area (Å²) in [6.45, 7) is 0.847. The molecule has 0 aliphatic carbocycles. The molecule has 0 aromatic carbocycles. The number of aromatic nitrogens is 4. The van der Waals surface area contributed by atoms with Crippen molar-refractivity contribution in [3.8, 4) is 0 Å². The van der Waals surface area contributed by atoms with Crippen LogP contribution in [0.4, 0.5) is 5.82 Å². The van der Waals surface area contributed by atoms with E-state index in [1.54, 1.807) is 0 Å². The molecule has 0 spiro atoms. The van der Waals surface area contributed by atoms with E-state index in [4.69, 9.17) is 4.74 Å². The predicted molar refractivity (Wildman–Crippen MR) is 85.1 cm³/mol. The molecule has 1 aliphatic rings. The number of fused-ring (bicyclic) bond motifs is 1. The van der Waals surface area contributed by atoms with Crippen LogP contribution in [0.3, 0.4) is 0 Å². The quantitative estimate of drug-likeness (QED) is 0.321. The van der Waals surface area contributed by atoms with Crippen molar-refractivity contribution in [2.24, 2.45) is 0 Å². The second-order valence-electron chi connectivity index (χ2n) is 5.98. The summed E-state index contributed by atoms with van der Waals surface area (Å²) in [5, 5.41) is 50.6. The first-order chi connectivity index (χ1) is 12.3. The van der Waals surface area contributed by atoms with Crippen molar-refractivity contribution >= 4 is 23.0 Å².